The topological polar surface area (TPSA) is 165 Å². The van der Waals surface area contributed by atoms with Gasteiger partial charge in [0.15, 0.2) is 0 Å². The highest BCUT2D eigenvalue weighted by molar-refractivity contribution is 4.80. The largest absolute Gasteiger partial charge is 0.395 e. The lowest BCUT2D eigenvalue weighted by atomic mass is 10.00. The molecule has 114 heavy (non-hydrogen) atoms. The summed E-state index contributed by atoms with van der Waals surface area (Å²) < 4.78 is 34.4. The molecule has 706 valence electrons. The fourth-order valence-electron chi connectivity index (χ4n) is 7.66. The lowest BCUT2D eigenvalue weighted by Gasteiger charge is -2.33. The molecule has 0 amide bonds. The number of likely N-dealkylation sites (N-methyl/N-ethyl adjacent to an activating group) is 3. The molecule has 8 saturated heterocycles. The molecule has 0 radical (unpaired) electrons. The van der Waals surface area contributed by atoms with Crippen LogP contribution in [0.3, 0.4) is 0 Å². The normalized spacial score (nSPS) is 18.6. The van der Waals surface area contributed by atoms with Crippen molar-refractivity contribution in [3.05, 3.63) is 0 Å². The highest BCUT2D eigenvalue weighted by Gasteiger charge is 2.36. The third-order valence-electron chi connectivity index (χ3n) is 18.4. The Kier molecular flexibility index (Phi) is 114. The molecule has 0 aromatic carbocycles. The van der Waals surface area contributed by atoms with Gasteiger partial charge in [-0.25, -0.2) is 8.78 Å². The zero-order chi connectivity index (χ0) is 91.5. The van der Waals surface area contributed by atoms with Crippen molar-refractivity contribution >= 4 is 0 Å². The molecule has 8 N–H and O–H groups in total. The van der Waals surface area contributed by atoms with Crippen molar-refractivity contribution in [3.63, 3.8) is 0 Å². The Morgan fingerprint density at radius 3 is 0.877 bits per heavy atom. The zero-order valence-electron chi connectivity index (χ0n) is 85.9. The van der Waals surface area contributed by atoms with Crippen molar-refractivity contribution in [1.82, 2.24) is 101 Å². The molecule has 9 fully saturated rings. The molecule has 0 aromatic rings. The number of hydrogen-bond acceptors (Lipinski definition) is 23. The summed E-state index contributed by atoms with van der Waals surface area (Å²) in [5, 5.41) is 28.8. The number of hydrogen-bond donors (Lipinski definition) is 8. The standard InChI is InChI=1S/2C7H15N.C6H13NO.C6H15N.C5H9F2N.C5H11NO.2C5H11N.2C5H13N.C4H11NO.2C4H9N.2C4H11N.3C3H9N.2C2H7N/c1-7-3-5-8(2)6-4-7;1-8-6-4-2-3-5-7-8;1-7(2)6-3-4-8-5-6;1-6(2,3)7(4)5;1-8-3-2-5(6,7)4-8;1-6(2)5-3-7-4-5;1-5-3-6(2)4-5;1-6-4-2-3-5-6;1-5(2)6(3)4;1-5(2,3)6-4;1-5(2)3-4-6;1-5-3-2-4-5;1-5-4-2-3-4;1-4-5(2)3;1-4(2)5-3;1-4(2)3;2*1-3-4-2;2*1-3-2/h7H,3-6H2,1-2H3;2-7H2,1H3;6H,3-5H2,1-2H3;1-5H3;2-4H2,1H3;5H,3-4H2,1-2H3;5H,3-4H2,1-2H3;2-5H2,1H3;5H,1-4H3;6H,1-4H3;6H,3-4H2,1-2H3;2-4H2,1H3;4-5H,2-3H2,1H3;4H2,1-3H3;4-5H,1-3H3;1-3H3;2*4H,3H2,1-2H3;2*3H,1-2H3. The van der Waals surface area contributed by atoms with Gasteiger partial charge in [0.25, 0.3) is 5.92 Å². The van der Waals surface area contributed by atoms with Crippen LogP contribution in [0.4, 0.5) is 8.78 Å². The van der Waals surface area contributed by atoms with Crippen molar-refractivity contribution in [1.29, 1.82) is 0 Å². The van der Waals surface area contributed by atoms with Crippen molar-refractivity contribution in [3.8, 4) is 0 Å². The number of rotatable bonds is 10. The number of nitrogens with one attached hydrogen (secondary N) is 7. The third kappa shape index (κ3) is 140. The maximum atomic E-state index is 12.2. The lowest BCUT2D eigenvalue weighted by molar-refractivity contribution is -0.0477. The van der Waals surface area contributed by atoms with Crippen LogP contribution in [0.2, 0.25) is 0 Å². The number of piperidine rings is 1. The summed E-state index contributed by atoms with van der Waals surface area (Å²) in [6.07, 6.45) is 16.8. The van der Waals surface area contributed by atoms with Crippen LogP contribution in [-0.2, 0) is 9.47 Å². The fraction of sp³-hybridized carbons (Fsp3) is 1.00. The van der Waals surface area contributed by atoms with Crippen molar-refractivity contribution < 1.29 is 23.4 Å². The van der Waals surface area contributed by atoms with Crippen LogP contribution < -0.4 is 37.2 Å². The van der Waals surface area contributed by atoms with Gasteiger partial charge in [-0.1, -0.05) is 61.3 Å². The average Bonchev–Trinajstić information content (AvgIpc) is 1.70. The van der Waals surface area contributed by atoms with Crippen LogP contribution in [0.1, 0.15) is 187 Å². The van der Waals surface area contributed by atoms with Gasteiger partial charge in [0.1, 0.15) is 0 Å². The number of ether oxygens (including phenoxy) is 2. The molecule has 25 heteroatoms. The Balaban J connectivity index is -0.000000109. The zero-order valence-corrected chi connectivity index (χ0v) is 85.9. The van der Waals surface area contributed by atoms with E-state index in [1.807, 2.05) is 108 Å². The van der Waals surface area contributed by atoms with Gasteiger partial charge < -0.3 is 115 Å². The van der Waals surface area contributed by atoms with E-state index in [0.717, 1.165) is 70.5 Å². The Morgan fingerprint density at radius 1 is 0.474 bits per heavy atom. The minimum atomic E-state index is -2.41. The van der Waals surface area contributed by atoms with Gasteiger partial charge in [-0.2, -0.15) is 0 Å². The van der Waals surface area contributed by atoms with Gasteiger partial charge in [-0.15, -0.1) is 0 Å². The predicted octanol–water partition coefficient (Wildman–Crippen LogP) is 10.4. The third-order valence-corrected chi connectivity index (χ3v) is 18.4. The van der Waals surface area contributed by atoms with E-state index in [2.05, 4.69) is 296 Å². The molecule has 1 atom stereocenters. The maximum absolute atomic E-state index is 12.2. The average molecular weight is 1650 g/mol. The second kappa shape index (κ2) is 95.8. The van der Waals surface area contributed by atoms with E-state index in [-0.39, 0.29) is 19.6 Å². The highest BCUT2D eigenvalue weighted by Crippen LogP contribution is 2.25. The van der Waals surface area contributed by atoms with Crippen LogP contribution in [0, 0.1) is 11.8 Å². The first-order valence-electron chi connectivity index (χ1n) is 44.1. The van der Waals surface area contributed by atoms with E-state index in [0.29, 0.717) is 41.8 Å². The first kappa shape index (κ1) is 136. The maximum Gasteiger partial charge on any atom is 0.261 e. The van der Waals surface area contributed by atoms with Crippen LogP contribution >= 0.6 is 0 Å². The van der Waals surface area contributed by atoms with Gasteiger partial charge >= 0.3 is 0 Å². The molecule has 9 aliphatic rings. The molecule has 8 aliphatic heterocycles. The summed E-state index contributed by atoms with van der Waals surface area (Å²) >= 11 is 0. The number of alkyl halides is 2. The molecule has 0 spiro atoms. The van der Waals surface area contributed by atoms with Gasteiger partial charge in [0.2, 0.25) is 0 Å². The molecular weight excluding hydrogens is 1440 g/mol. The number of aliphatic hydroxyl groups is 1. The molecule has 0 bridgehead atoms. The Hall–Kier alpha value is -1.06. The van der Waals surface area contributed by atoms with Gasteiger partial charge in [0.05, 0.1) is 39.0 Å². The monoisotopic (exact) mass is 1650 g/mol. The lowest BCUT2D eigenvalue weighted by Crippen LogP contribution is -2.44. The highest BCUT2D eigenvalue weighted by atomic mass is 19.3. The summed E-state index contributed by atoms with van der Waals surface area (Å²) in [5.74, 6) is -0.462. The van der Waals surface area contributed by atoms with Gasteiger partial charge in [0, 0.05) is 74.5 Å². The molecular formula is C89H218F2N20O3. The van der Waals surface area contributed by atoms with Crippen LogP contribution in [0.15, 0.2) is 0 Å². The Bertz CT molecular complexity index is 1640. The first-order chi connectivity index (χ1) is 52.7. The minimum Gasteiger partial charge on any atom is -0.395 e. The molecule has 0 aromatic heterocycles. The summed E-state index contributed by atoms with van der Waals surface area (Å²) in [6, 6.07) is 3.57. The first-order valence-corrected chi connectivity index (χ1v) is 44.1. The van der Waals surface area contributed by atoms with Crippen LogP contribution in [0.5, 0.6) is 0 Å². The van der Waals surface area contributed by atoms with E-state index in [1.165, 1.54) is 142 Å². The fourth-order valence-corrected chi connectivity index (χ4v) is 7.66. The van der Waals surface area contributed by atoms with Crippen molar-refractivity contribution in [2.45, 2.75) is 235 Å². The van der Waals surface area contributed by atoms with Crippen molar-refractivity contribution in [2.24, 2.45) is 11.8 Å². The van der Waals surface area contributed by atoms with E-state index < -0.39 is 5.92 Å². The summed E-state index contributed by atoms with van der Waals surface area (Å²) in [7, 11) is 60.5. The molecule has 1 saturated carbocycles. The van der Waals surface area contributed by atoms with Crippen LogP contribution in [-0.4, -0.2) is 465 Å². The van der Waals surface area contributed by atoms with E-state index >= 15 is 0 Å². The Morgan fingerprint density at radius 2 is 0.789 bits per heavy atom. The predicted molar refractivity (Wildman–Crippen MR) is 512 cm³/mol. The quantitative estimate of drug-likeness (QED) is 0.104. The number of nitrogens with zero attached hydrogens (tertiary/aromatic N) is 13. The number of likely N-dealkylation sites (tertiary alicyclic amines) is 6. The van der Waals surface area contributed by atoms with E-state index in [9.17, 15) is 8.78 Å². The molecule has 8 heterocycles. The summed E-state index contributed by atoms with van der Waals surface area (Å²) in [5.41, 5.74) is 0.625. The van der Waals surface area contributed by atoms with Crippen molar-refractivity contribution in [2.75, 3.05) is 349 Å². The number of aliphatic hydroxyl groups excluding tert-OH is 1. The molecule has 9 rings (SSSR count). The van der Waals surface area contributed by atoms with E-state index in [4.69, 9.17) is 14.6 Å². The van der Waals surface area contributed by atoms with E-state index in [1.54, 1.807) is 11.9 Å². The minimum absolute atomic E-state index is 0.0312. The Labute approximate surface area is 716 Å². The number of halogens is 2. The second-order valence-corrected chi connectivity index (χ2v) is 36.0. The molecule has 1 aliphatic carbocycles. The molecule has 23 nitrogen and oxygen atoms in total. The second-order valence-electron chi connectivity index (χ2n) is 36.0. The summed E-state index contributed by atoms with van der Waals surface area (Å²) in [6.45, 7) is 54.0. The van der Waals surface area contributed by atoms with Gasteiger partial charge in [-0.3, -0.25) is 0 Å². The SMILES string of the molecule is CC(C)N(C)C.CC1CCN(C)CC1.CC1CN(C)C1.CCN(C)C.CCNC.CCNC.CN(C)C.CN(C)C(C)(C)C.CN(C)C1CCOC1.CN(C)C1COC1.CN(C)CCO.CN1CCC(F)(F)C1.CN1CCC1.CN1CCCC1.CN1CCCCCC1.CNC.CNC.CNC(C)(C)C.CNC(C)C.CNC1CC1. The smallest absolute Gasteiger partial charge is 0.261 e. The van der Waals surface area contributed by atoms with Gasteiger partial charge in [-0.05, 0) is 415 Å². The molecule has 1 unspecified atom stereocenters. The summed E-state index contributed by atoms with van der Waals surface area (Å²) in [4.78, 5) is 28.3. The van der Waals surface area contributed by atoms with Crippen LogP contribution in [0.25, 0.3) is 0 Å².